The van der Waals surface area contributed by atoms with Gasteiger partial charge in [0, 0.05) is 49.4 Å². The lowest BCUT2D eigenvalue weighted by Crippen LogP contribution is -2.50. The van der Waals surface area contributed by atoms with Crippen LogP contribution in [0, 0.1) is 11.8 Å². The number of aliphatic hydroxyl groups is 1. The third kappa shape index (κ3) is 4.80. The quantitative estimate of drug-likeness (QED) is 0.663. The average Bonchev–Trinajstić information content (AvgIpc) is 2.79. The van der Waals surface area contributed by atoms with Gasteiger partial charge in [-0.15, -0.1) is 0 Å². The van der Waals surface area contributed by atoms with Crippen LogP contribution in [0.4, 0.5) is 0 Å². The number of hydrogen-bond acceptors (Lipinski definition) is 7. The molecular formula is C24H32N4O5S. The molecule has 0 radical (unpaired) electrons. The fraction of sp³-hybridized carbons (Fsp3) is 0.542. The van der Waals surface area contributed by atoms with E-state index >= 15 is 0 Å². The molecule has 1 aromatic carbocycles. The summed E-state index contributed by atoms with van der Waals surface area (Å²) in [5.74, 6) is 0.166. The van der Waals surface area contributed by atoms with Gasteiger partial charge in [-0.2, -0.15) is 4.31 Å². The third-order valence-electron chi connectivity index (χ3n) is 6.85. The fourth-order valence-electron chi connectivity index (χ4n) is 4.40. The molecule has 2 aromatic rings. The van der Waals surface area contributed by atoms with Gasteiger partial charge in [0.25, 0.3) is 0 Å². The van der Waals surface area contributed by atoms with Crippen LogP contribution in [0.3, 0.4) is 0 Å². The molecule has 0 saturated heterocycles. The average molecular weight is 489 g/mol. The number of aliphatic hydroxyl groups excluding tert-OH is 1. The molecule has 3 atom stereocenters. The number of rotatable bonds is 6. The van der Waals surface area contributed by atoms with Gasteiger partial charge in [-0.05, 0) is 37.5 Å². The van der Waals surface area contributed by atoms with Crippen molar-refractivity contribution in [3.8, 4) is 16.9 Å². The molecule has 1 amide bonds. The second-order valence-corrected chi connectivity index (χ2v) is 11.2. The fourth-order valence-corrected chi connectivity index (χ4v) is 6.22. The van der Waals surface area contributed by atoms with Crippen molar-refractivity contribution in [1.82, 2.24) is 19.2 Å². The van der Waals surface area contributed by atoms with E-state index in [0.29, 0.717) is 6.54 Å². The summed E-state index contributed by atoms with van der Waals surface area (Å²) in [7, 11) is -2.15. The van der Waals surface area contributed by atoms with Gasteiger partial charge in [0.15, 0.2) is 0 Å². The maximum absolute atomic E-state index is 13.6. The minimum Gasteiger partial charge on any atom is -0.487 e. The lowest BCUT2D eigenvalue weighted by atomic mass is 9.84. The highest BCUT2D eigenvalue weighted by molar-refractivity contribution is 7.89. The highest BCUT2D eigenvalue weighted by Crippen LogP contribution is 2.36. The number of benzene rings is 1. The van der Waals surface area contributed by atoms with Crippen LogP contribution in [0.25, 0.3) is 11.1 Å². The van der Waals surface area contributed by atoms with Crippen LogP contribution >= 0.6 is 0 Å². The van der Waals surface area contributed by atoms with Crippen molar-refractivity contribution in [2.45, 2.75) is 50.2 Å². The van der Waals surface area contributed by atoms with Crippen LogP contribution in [0.1, 0.15) is 33.1 Å². The number of ether oxygens (including phenoxy) is 1. The van der Waals surface area contributed by atoms with E-state index in [1.807, 2.05) is 6.92 Å². The van der Waals surface area contributed by atoms with E-state index in [0.717, 1.165) is 30.4 Å². The van der Waals surface area contributed by atoms with E-state index < -0.39 is 22.2 Å². The molecule has 4 rings (SSSR count). The van der Waals surface area contributed by atoms with Crippen molar-refractivity contribution in [2.24, 2.45) is 11.8 Å². The van der Waals surface area contributed by atoms with Gasteiger partial charge in [-0.25, -0.2) is 18.4 Å². The zero-order valence-corrected chi connectivity index (χ0v) is 20.6. The molecule has 0 unspecified atom stereocenters. The number of amides is 1. The molecule has 184 valence electrons. The first-order valence-electron chi connectivity index (χ1n) is 11.7. The largest absolute Gasteiger partial charge is 0.487 e. The normalized spacial score (nSPS) is 23.5. The van der Waals surface area contributed by atoms with E-state index in [2.05, 4.69) is 9.97 Å². The number of carbonyl (C=O) groups is 1. The van der Waals surface area contributed by atoms with E-state index in [4.69, 9.17) is 4.74 Å². The Balaban J connectivity index is 1.74. The summed E-state index contributed by atoms with van der Waals surface area (Å²) in [6, 6.07) is 4.31. The minimum absolute atomic E-state index is 0.0401. The Morgan fingerprint density at radius 3 is 2.59 bits per heavy atom. The van der Waals surface area contributed by atoms with Crippen molar-refractivity contribution < 1.29 is 23.1 Å². The van der Waals surface area contributed by atoms with Gasteiger partial charge in [-0.1, -0.05) is 19.4 Å². The Labute approximate surface area is 200 Å². The van der Waals surface area contributed by atoms with Crippen molar-refractivity contribution in [3.05, 3.63) is 36.9 Å². The topological polar surface area (TPSA) is 113 Å². The zero-order chi connectivity index (χ0) is 24.5. The van der Waals surface area contributed by atoms with Crippen molar-refractivity contribution >= 4 is 15.9 Å². The van der Waals surface area contributed by atoms with Crippen LogP contribution in [-0.2, 0) is 14.8 Å². The number of carbonyl (C=O) groups excluding carboxylic acids is 1. The number of likely N-dealkylation sites (N-methyl/N-ethyl adjacent to an activating group) is 1. The monoisotopic (exact) mass is 488 g/mol. The highest BCUT2D eigenvalue weighted by Gasteiger charge is 2.39. The van der Waals surface area contributed by atoms with E-state index in [-0.39, 0.29) is 41.5 Å². The molecule has 1 aliphatic carbocycles. The van der Waals surface area contributed by atoms with Crippen LogP contribution in [0.5, 0.6) is 5.75 Å². The smallest absolute Gasteiger partial charge is 0.247 e. The first kappa shape index (κ1) is 24.6. The van der Waals surface area contributed by atoms with Crippen LogP contribution < -0.4 is 4.74 Å². The van der Waals surface area contributed by atoms with E-state index in [1.54, 1.807) is 43.4 Å². The predicted octanol–water partition coefficient (Wildman–Crippen LogP) is 2.17. The molecular weight excluding hydrogens is 456 g/mol. The molecule has 1 saturated carbocycles. The minimum atomic E-state index is -3.93. The van der Waals surface area contributed by atoms with Gasteiger partial charge in [-0.3, -0.25) is 4.79 Å². The lowest BCUT2D eigenvalue weighted by molar-refractivity contribution is -0.138. The Kier molecular flexibility index (Phi) is 7.20. The molecule has 9 nitrogen and oxygen atoms in total. The molecule has 0 spiro atoms. The van der Waals surface area contributed by atoms with Gasteiger partial charge < -0.3 is 14.7 Å². The zero-order valence-electron chi connectivity index (χ0n) is 19.8. The summed E-state index contributed by atoms with van der Waals surface area (Å²) in [6.07, 6.45) is 7.20. The van der Waals surface area contributed by atoms with Gasteiger partial charge >= 0.3 is 0 Å². The second kappa shape index (κ2) is 9.97. The first-order chi connectivity index (χ1) is 16.2. The van der Waals surface area contributed by atoms with E-state index in [9.17, 15) is 18.3 Å². The molecule has 2 heterocycles. The van der Waals surface area contributed by atoms with Crippen molar-refractivity contribution in [1.29, 1.82) is 0 Å². The SMILES string of the molecule is C[C@@H]1CN([C@H](C)CO)S(=O)(=O)c2ccc(-c3cncnc3)cc2O[C@H]1CN(C)C(=O)C1CCC1. The molecule has 2 aliphatic rings. The summed E-state index contributed by atoms with van der Waals surface area (Å²) in [5, 5.41) is 9.78. The molecule has 34 heavy (non-hydrogen) atoms. The number of aromatic nitrogens is 2. The molecule has 1 aromatic heterocycles. The lowest BCUT2D eigenvalue weighted by Gasteiger charge is -2.38. The van der Waals surface area contributed by atoms with Crippen LogP contribution in [-0.4, -0.2) is 77.5 Å². The van der Waals surface area contributed by atoms with Gasteiger partial charge in [0.05, 0.1) is 13.2 Å². The van der Waals surface area contributed by atoms with Gasteiger partial charge in [0.1, 0.15) is 23.1 Å². The van der Waals surface area contributed by atoms with Gasteiger partial charge in [0.2, 0.25) is 15.9 Å². The second-order valence-electron chi connectivity index (χ2n) is 9.38. The molecule has 1 aliphatic heterocycles. The number of nitrogens with zero attached hydrogens (tertiary/aromatic N) is 4. The van der Waals surface area contributed by atoms with Crippen molar-refractivity contribution in [2.75, 3.05) is 26.7 Å². The number of sulfonamides is 1. The number of fused-ring (bicyclic) bond motifs is 1. The summed E-state index contributed by atoms with van der Waals surface area (Å²) < 4.78 is 34.9. The van der Waals surface area contributed by atoms with Crippen LogP contribution in [0.15, 0.2) is 41.8 Å². The Morgan fingerprint density at radius 2 is 1.97 bits per heavy atom. The maximum Gasteiger partial charge on any atom is 0.247 e. The number of hydrogen-bond donors (Lipinski definition) is 1. The molecule has 1 N–H and O–H groups in total. The Bertz CT molecular complexity index is 1120. The maximum atomic E-state index is 13.6. The standard InChI is InChI=1S/C24H32N4O5S/c1-16-12-28(17(2)14-29)34(31,32)23-8-7-19(20-10-25-15-26-11-20)9-21(23)33-22(16)13-27(3)24(30)18-5-4-6-18/h7-11,15-18,22,29H,4-6,12-14H2,1-3H3/t16-,17-,22+/m1/s1. The predicted molar refractivity (Wildman–Crippen MR) is 126 cm³/mol. The third-order valence-corrected chi connectivity index (χ3v) is 8.86. The summed E-state index contributed by atoms with van der Waals surface area (Å²) in [6.45, 7) is 3.82. The van der Waals surface area contributed by atoms with E-state index in [1.165, 1.54) is 16.7 Å². The van der Waals surface area contributed by atoms with Crippen LogP contribution in [0.2, 0.25) is 0 Å². The highest BCUT2D eigenvalue weighted by atomic mass is 32.2. The Hall–Kier alpha value is -2.56. The Morgan fingerprint density at radius 1 is 1.26 bits per heavy atom. The summed E-state index contributed by atoms with van der Waals surface area (Å²) in [5.41, 5.74) is 1.46. The first-order valence-corrected chi connectivity index (χ1v) is 13.1. The molecule has 0 bridgehead atoms. The molecule has 10 heteroatoms. The summed E-state index contributed by atoms with van der Waals surface area (Å²) in [4.78, 5) is 22.6. The molecule has 1 fully saturated rings. The van der Waals surface area contributed by atoms with Crippen molar-refractivity contribution in [3.63, 3.8) is 0 Å². The summed E-state index contributed by atoms with van der Waals surface area (Å²) >= 11 is 0.